The van der Waals surface area contributed by atoms with Gasteiger partial charge < -0.3 is 13.6 Å². The van der Waals surface area contributed by atoms with Crippen molar-refractivity contribution < 1.29 is 4.42 Å². The Morgan fingerprint density at radius 3 is 1.76 bits per heavy atom. The lowest BCUT2D eigenvalue weighted by molar-refractivity contribution is 0.669. The summed E-state index contributed by atoms with van der Waals surface area (Å²) in [6, 6.07) is 70.4. The van der Waals surface area contributed by atoms with Crippen molar-refractivity contribution in [1.29, 1.82) is 0 Å². The van der Waals surface area contributed by atoms with Gasteiger partial charge in [0, 0.05) is 49.1 Å². The van der Waals surface area contributed by atoms with Gasteiger partial charge in [0.2, 0.25) is 0 Å². The van der Waals surface area contributed by atoms with Gasteiger partial charge in [0.15, 0.2) is 0 Å². The molecule has 3 heterocycles. The van der Waals surface area contributed by atoms with Gasteiger partial charge >= 0.3 is 0 Å². The molecule has 0 spiro atoms. The summed E-state index contributed by atoms with van der Waals surface area (Å²) in [4.78, 5) is 0. The van der Waals surface area contributed by atoms with Crippen LogP contribution < -0.4 is 0 Å². The zero-order valence-electron chi connectivity index (χ0n) is 29.8. The molecule has 0 saturated heterocycles. The first-order chi connectivity index (χ1) is 27.3. The van der Waals surface area contributed by atoms with Crippen molar-refractivity contribution in [2.24, 2.45) is 0 Å². The van der Waals surface area contributed by atoms with E-state index in [-0.39, 0.29) is 0 Å². The third kappa shape index (κ3) is 4.50. The van der Waals surface area contributed by atoms with Gasteiger partial charge in [0.05, 0.1) is 22.1 Å². The molecule has 0 saturated carbocycles. The van der Waals surface area contributed by atoms with Crippen LogP contribution in [0.15, 0.2) is 199 Å². The zero-order chi connectivity index (χ0) is 36.0. The number of fused-ring (bicyclic) bond motifs is 11. The van der Waals surface area contributed by atoms with Crippen molar-refractivity contribution in [1.82, 2.24) is 9.13 Å². The number of hydrogen-bond donors (Lipinski definition) is 0. The number of aromatic nitrogens is 2. The number of para-hydroxylation sites is 2. The Morgan fingerprint density at radius 1 is 0.291 bits per heavy atom. The molecule has 3 heteroatoms. The van der Waals surface area contributed by atoms with Gasteiger partial charge in [-0.2, -0.15) is 0 Å². The van der Waals surface area contributed by atoms with Crippen LogP contribution >= 0.6 is 0 Å². The molecule has 0 amide bonds. The lowest BCUT2D eigenvalue weighted by Gasteiger charge is -2.12. The van der Waals surface area contributed by atoms with Gasteiger partial charge in [-0.1, -0.05) is 127 Å². The summed E-state index contributed by atoms with van der Waals surface area (Å²) in [6.07, 6.45) is 0. The second-order valence-electron chi connectivity index (χ2n) is 14.5. The number of nitrogens with zero attached hydrogens (tertiary/aromatic N) is 2. The van der Waals surface area contributed by atoms with E-state index in [1.807, 2.05) is 12.1 Å². The Morgan fingerprint density at radius 2 is 0.909 bits per heavy atom. The van der Waals surface area contributed by atoms with E-state index in [4.69, 9.17) is 4.42 Å². The largest absolute Gasteiger partial charge is 0.456 e. The molecule has 0 aliphatic carbocycles. The van der Waals surface area contributed by atoms with Crippen LogP contribution in [0.1, 0.15) is 0 Å². The molecule has 0 fully saturated rings. The van der Waals surface area contributed by atoms with Gasteiger partial charge in [0.25, 0.3) is 0 Å². The van der Waals surface area contributed by atoms with E-state index in [1.165, 1.54) is 76.6 Å². The highest BCUT2D eigenvalue weighted by molar-refractivity contribution is 6.19. The summed E-state index contributed by atoms with van der Waals surface area (Å²) in [5.41, 5.74) is 13.7. The van der Waals surface area contributed by atoms with Crippen LogP contribution in [0.5, 0.6) is 0 Å². The topological polar surface area (TPSA) is 23.0 Å². The first-order valence-electron chi connectivity index (χ1n) is 18.8. The fourth-order valence-electron chi connectivity index (χ4n) is 8.97. The summed E-state index contributed by atoms with van der Waals surface area (Å²) < 4.78 is 11.0. The van der Waals surface area contributed by atoms with E-state index in [0.717, 1.165) is 33.3 Å². The molecule has 3 aromatic heterocycles. The average molecular weight is 701 g/mol. The first kappa shape index (κ1) is 30.1. The number of hydrogen-bond acceptors (Lipinski definition) is 1. The van der Waals surface area contributed by atoms with Gasteiger partial charge in [-0.3, -0.25) is 0 Å². The van der Waals surface area contributed by atoms with Gasteiger partial charge in [-0.25, -0.2) is 0 Å². The molecule has 0 atom stereocenters. The van der Waals surface area contributed by atoms with Gasteiger partial charge in [-0.15, -0.1) is 0 Å². The second kappa shape index (κ2) is 11.6. The Kier molecular flexibility index (Phi) is 6.34. The lowest BCUT2D eigenvalue weighted by atomic mass is 10.00. The van der Waals surface area contributed by atoms with Crippen LogP contribution in [0.3, 0.4) is 0 Å². The highest BCUT2D eigenvalue weighted by Crippen LogP contribution is 2.41. The van der Waals surface area contributed by atoms with E-state index in [0.29, 0.717) is 0 Å². The van der Waals surface area contributed by atoms with Crippen LogP contribution in [0.25, 0.3) is 110 Å². The van der Waals surface area contributed by atoms with Crippen LogP contribution in [0.4, 0.5) is 0 Å². The molecule has 12 rings (SSSR count). The number of rotatable bonds is 4. The molecule has 0 radical (unpaired) electrons. The fourth-order valence-corrected chi connectivity index (χ4v) is 8.97. The van der Waals surface area contributed by atoms with Crippen molar-refractivity contribution >= 4 is 76.3 Å². The quantitative estimate of drug-likeness (QED) is 0.179. The summed E-state index contributed by atoms with van der Waals surface area (Å²) in [5, 5.41) is 9.71. The number of furan rings is 1. The Bertz CT molecular complexity index is 3490. The maximum atomic E-state index is 6.18. The first-order valence-corrected chi connectivity index (χ1v) is 18.8. The maximum absolute atomic E-state index is 6.18. The van der Waals surface area contributed by atoms with Gasteiger partial charge in [-0.05, 0) is 94.4 Å². The minimum absolute atomic E-state index is 0.904. The summed E-state index contributed by atoms with van der Waals surface area (Å²) in [6.45, 7) is 0. The van der Waals surface area contributed by atoms with Crippen LogP contribution in [0.2, 0.25) is 0 Å². The minimum atomic E-state index is 0.904. The molecule has 256 valence electrons. The Labute approximate surface area is 316 Å². The molecule has 0 aliphatic rings. The summed E-state index contributed by atoms with van der Waals surface area (Å²) in [5.74, 6) is 0. The van der Waals surface area contributed by atoms with Crippen molar-refractivity contribution in [3.05, 3.63) is 194 Å². The minimum Gasteiger partial charge on any atom is -0.456 e. The standard InChI is InChI=1S/C52H32N2O/c1-2-11-33(12-3-1)35-14-10-15-38(29-35)54-49-27-23-37(31-45(49)43-25-21-34-13-4-5-16-40(34)52(43)54)36-22-26-48-44(30-36)41-17-6-8-19-47(41)53(48)39-24-28-51-46(32-39)42-18-7-9-20-50(42)55-51/h1-32H. The van der Waals surface area contributed by atoms with E-state index in [9.17, 15) is 0 Å². The Balaban J connectivity index is 1.06. The predicted molar refractivity (Wildman–Crippen MR) is 231 cm³/mol. The van der Waals surface area contributed by atoms with Gasteiger partial charge in [0.1, 0.15) is 11.2 Å². The zero-order valence-corrected chi connectivity index (χ0v) is 29.8. The smallest absolute Gasteiger partial charge is 0.135 e. The molecule has 0 unspecified atom stereocenters. The molecule has 12 aromatic rings. The summed E-state index contributed by atoms with van der Waals surface area (Å²) in [7, 11) is 0. The Hall–Kier alpha value is -7.36. The highest BCUT2D eigenvalue weighted by Gasteiger charge is 2.19. The molecule has 0 aliphatic heterocycles. The van der Waals surface area contributed by atoms with E-state index in [2.05, 4.69) is 191 Å². The van der Waals surface area contributed by atoms with Crippen LogP contribution in [-0.2, 0) is 0 Å². The third-order valence-corrected chi connectivity index (χ3v) is 11.5. The maximum Gasteiger partial charge on any atom is 0.135 e. The lowest BCUT2D eigenvalue weighted by Crippen LogP contribution is -1.95. The van der Waals surface area contributed by atoms with Crippen molar-refractivity contribution in [2.45, 2.75) is 0 Å². The predicted octanol–water partition coefficient (Wildman–Crippen LogP) is 14.3. The monoisotopic (exact) mass is 700 g/mol. The molecular weight excluding hydrogens is 669 g/mol. The third-order valence-electron chi connectivity index (χ3n) is 11.5. The van der Waals surface area contributed by atoms with E-state index >= 15 is 0 Å². The van der Waals surface area contributed by atoms with Crippen molar-refractivity contribution in [2.75, 3.05) is 0 Å². The molecule has 55 heavy (non-hydrogen) atoms. The highest BCUT2D eigenvalue weighted by atomic mass is 16.3. The fraction of sp³-hybridized carbons (Fsp3) is 0. The van der Waals surface area contributed by atoms with Crippen molar-refractivity contribution in [3.63, 3.8) is 0 Å². The molecule has 0 N–H and O–H groups in total. The molecule has 9 aromatic carbocycles. The summed E-state index contributed by atoms with van der Waals surface area (Å²) >= 11 is 0. The SMILES string of the molecule is c1ccc(-c2cccc(-n3c4ccc(-c5ccc6c(c5)c5ccccc5n6-c5ccc6oc7ccccc7c6c5)cc4c4ccc5ccccc5c43)c2)cc1. The van der Waals surface area contributed by atoms with E-state index < -0.39 is 0 Å². The van der Waals surface area contributed by atoms with Crippen LogP contribution in [0, 0.1) is 0 Å². The normalized spacial score (nSPS) is 12.0. The molecule has 3 nitrogen and oxygen atoms in total. The molecular formula is C52H32N2O. The van der Waals surface area contributed by atoms with E-state index in [1.54, 1.807) is 0 Å². The van der Waals surface area contributed by atoms with Crippen molar-refractivity contribution in [3.8, 4) is 33.6 Å². The average Bonchev–Trinajstić information content (AvgIpc) is 3.91. The second-order valence-corrected chi connectivity index (χ2v) is 14.5. The number of benzene rings is 9. The molecule has 0 bridgehead atoms. The van der Waals surface area contributed by atoms with Crippen LogP contribution in [-0.4, -0.2) is 9.13 Å².